The zero-order valence-corrected chi connectivity index (χ0v) is 11.0. The van der Waals surface area contributed by atoms with Crippen molar-refractivity contribution in [3.63, 3.8) is 0 Å². The standard InChI is InChI=1S/C10H15N3O4S/c1-12(2)7-3-4-13(10(14)11-7)8-6-18-9(17-8)5-16-15/h3-4,8-9,15H,5-6H2,1-2H3/t8-,9+/m0/s1. The fourth-order valence-corrected chi connectivity index (χ4v) is 2.59. The lowest BCUT2D eigenvalue weighted by atomic mass is 10.5. The van der Waals surface area contributed by atoms with E-state index in [9.17, 15) is 4.79 Å². The van der Waals surface area contributed by atoms with E-state index < -0.39 is 0 Å². The summed E-state index contributed by atoms with van der Waals surface area (Å²) < 4.78 is 7.00. The van der Waals surface area contributed by atoms with Gasteiger partial charge in [0.05, 0.1) is 0 Å². The third-order valence-electron chi connectivity index (χ3n) is 2.53. The van der Waals surface area contributed by atoms with Crippen LogP contribution in [0.2, 0.25) is 0 Å². The molecule has 2 heterocycles. The van der Waals surface area contributed by atoms with Crippen LogP contribution in [0.25, 0.3) is 0 Å². The Morgan fingerprint density at radius 3 is 3.11 bits per heavy atom. The minimum atomic E-state index is -0.369. The Morgan fingerprint density at radius 1 is 1.72 bits per heavy atom. The molecule has 0 aromatic carbocycles. The van der Waals surface area contributed by atoms with E-state index >= 15 is 0 Å². The summed E-state index contributed by atoms with van der Waals surface area (Å²) in [6.45, 7) is 0.0825. The van der Waals surface area contributed by atoms with Crippen molar-refractivity contribution in [2.75, 3.05) is 31.4 Å². The molecule has 7 nitrogen and oxygen atoms in total. The van der Waals surface area contributed by atoms with Gasteiger partial charge in [0.2, 0.25) is 0 Å². The normalized spacial score (nSPS) is 23.3. The first-order valence-corrected chi connectivity index (χ1v) is 6.46. The number of aromatic nitrogens is 2. The highest BCUT2D eigenvalue weighted by atomic mass is 32.2. The van der Waals surface area contributed by atoms with Gasteiger partial charge in [0, 0.05) is 26.0 Å². The maximum atomic E-state index is 11.9. The van der Waals surface area contributed by atoms with Crippen molar-refractivity contribution in [1.82, 2.24) is 9.55 Å². The fraction of sp³-hybridized carbons (Fsp3) is 0.600. The van der Waals surface area contributed by atoms with Gasteiger partial charge in [0.1, 0.15) is 24.1 Å². The first-order valence-electron chi connectivity index (χ1n) is 5.41. The van der Waals surface area contributed by atoms with E-state index in [-0.39, 0.29) is 24.0 Å². The Hall–Kier alpha value is -1.09. The number of rotatable bonds is 4. The lowest BCUT2D eigenvalue weighted by Gasteiger charge is -2.16. The Bertz CT molecular complexity index is 465. The Kier molecular flexibility index (Phi) is 4.23. The van der Waals surface area contributed by atoms with Gasteiger partial charge >= 0.3 is 5.69 Å². The van der Waals surface area contributed by atoms with E-state index in [1.165, 1.54) is 16.3 Å². The predicted octanol–water partition coefficient (Wildman–Crippen LogP) is 0.387. The second-order valence-corrected chi connectivity index (χ2v) is 5.21. The second kappa shape index (κ2) is 5.70. The molecule has 1 aromatic rings. The highest BCUT2D eigenvalue weighted by molar-refractivity contribution is 8.00. The molecule has 8 heteroatoms. The Labute approximate surface area is 108 Å². The zero-order chi connectivity index (χ0) is 13.1. The molecule has 0 amide bonds. The van der Waals surface area contributed by atoms with Gasteiger partial charge in [-0.2, -0.15) is 4.98 Å². The Morgan fingerprint density at radius 2 is 2.50 bits per heavy atom. The first kappa shape index (κ1) is 13.3. The smallest absolute Gasteiger partial charge is 0.351 e. The van der Waals surface area contributed by atoms with Crippen molar-refractivity contribution in [3.05, 3.63) is 22.7 Å². The fourth-order valence-electron chi connectivity index (χ4n) is 1.61. The summed E-state index contributed by atoms with van der Waals surface area (Å²) in [5.41, 5.74) is -0.613. The molecule has 18 heavy (non-hydrogen) atoms. The van der Waals surface area contributed by atoms with Crippen LogP contribution in [0.5, 0.6) is 0 Å². The summed E-state index contributed by atoms with van der Waals surface area (Å²) in [5, 5.41) is 8.36. The highest BCUT2D eigenvalue weighted by Crippen LogP contribution is 2.30. The van der Waals surface area contributed by atoms with E-state index in [2.05, 4.69) is 9.87 Å². The summed E-state index contributed by atoms with van der Waals surface area (Å²) in [6, 6.07) is 1.76. The number of ether oxygens (including phenoxy) is 1. The molecule has 1 aliphatic heterocycles. The van der Waals surface area contributed by atoms with Crippen molar-refractivity contribution < 1.29 is 14.9 Å². The van der Waals surface area contributed by atoms with Gasteiger partial charge in [-0.25, -0.2) is 9.68 Å². The molecule has 0 radical (unpaired) electrons. The summed E-state index contributed by atoms with van der Waals surface area (Å²) in [7, 11) is 3.64. The van der Waals surface area contributed by atoms with E-state index in [4.69, 9.17) is 9.99 Å². The van der Waals surface area contributed by atoms with Gasteiger partial charge in [-0.3, -0.25) is 9.82 Å². The topological polar surface area (TPSA) is 76.8 Å². The Balaban J connectivity index is 2.13. The maximum Gasteiger partial charge on any atom is 0.351 e. The highest BCUT2D eigenvalue weighted by Gasteiger charge is 2.28. The molecule has 0 unspecified atom stereocenters. The molecule has 100 valence electrons. The van der Waals surface area contributed by atoms with Crippen molar-refractivity contribution in [1.29, 1.82) is 0 Å². The van der Waals surface area contributed by atoms with Crippen LogP contribution in [0.3, 0.4) is 0 Å². The van der Waals surface area contributed by atoms with Gasteiger partial charge in [0.25, 0.3) is 0 Å². The van der Waals surface area contributed by atoms with Crippen LogP contribution in [0.4, 0.5) is 5.82 Å². The van der Waals surface area contributed by atoms with Crippen LogP contribution in [0.15, 0.2) is 17.1 Å². The minimum absolute atomic E-state index is 0.0825. The molecular formula is C10H15N3O4S. The van der Waals surface area contributed by atoms with E-state index in [1.54, 1.807) is 17.2 Å². The molecule has 2 rings (SSSR count). The molecule has 2 atom stereocenters. The summed E-state index contributed by atoms with van der Waals surface area (Å²) >= 11 is 1.48. The zero-order valence-electron chi connectivity index (χ0n) is 10.1. The van der Waals surface area contributed by atoms with Gasteiger partial charge in [-0.05, 0) is 6.07 Å². The SMILES string of the molecule is CN(C)c1ccn([C@@H]2CS[C@H](COO)O2)c(=O)n1. The van der Waals surface area contributed by atoms with Crippen molar-refractivity contribution in [3.8, 4) is 0 Å². The number of hydrogen-bond donors (Lipinski definition) is 1. The molecule has 0 saturated carbocycles. The van der Waals surface area contributed by atoms with Crippen LogP contribution in [-0.2, 0) is 9.62 Å². The predicted molar refractivity (Wildman–Crippen MR) is 67.8 cm³/mol. The van der Waals surface area contributed by atoms with Crippen LogP contribution in [-0.4, -0.2) is 46.7 Å². The molecule has 0 aliphatic carbocycles. The molecule has 0 bridgehead atoms. The number of nitrogens with zero attached hydrogens (tertiary/aromatic N) is 3. The maximum absolute atomic E-state index is 11.9. The van der Waals surface area contributed by atoms with Gasteiger partial charge < -0.3 is 9.64 Å². The summed E-state index contributed by atoms with van der Waals surface area (Å²) in [6.07, 6.45) is 1.30. The molecule has 1 aromatic heterocycles. The van der Waals surface area contributed by atoms with E-state index in [0.29, 0.717) is 11.6 Å². The molecular weight excluding hydrogens is 258 g/mol. The quantitative estimate of drug-likeness (QED) is 0.628. The third-order valence-corrected chi connectivity index (χ3v) is 3.62. The molecule has 1 saturated heterocycles. The van der Waals surface area contributed by atoms with Crippen molar-refractivity contribution in [2.45, 2.75) is 11.7 Å². The largest absolute Gasteiger partial charge is 0.363 e. The summed E-state index contributed by atoms with van der Waals surface area (Å²) in [4.78, 5) is 21.6. The van der Waals surface area contributed by atoms with E-state index in [1.807, 2.05) is 14.1 Å². The van der Waals surface area contributed by atoms with Crippen LogP contribution >= 0.6 is 11.8 Å². The monoisotopic (exact) mass is 273 g/mol. The molecule has 0 spiro atoms. The first-order chi connectivity index (χ1) is 8.61. The van der Waals surface area contributed by atoms with E-state index in [0.717, 1.165) is 0 Å². The van der Waals surface area contributed by atoms with Gasteiger partial charge in [0.15, 0.2) is 0 Å². The molecule has 1 fully saturated rings. The lowest BCUT2D eigenvalue weighted by Crippen LogP contribution is -2.30. The van der Waals surface area contributed by atoms with Gasteiger partial charge in [-0.15, -0.1) is 11.8 Å². The molecule has 1 N–H and O–H groups in total. The average molecular weight is 273 g/mol. The number of thioether (sulfide) groups is 1. The van der Waals surface area contributed by atoms with Crippen LogP contribution in [0.1, 0.15) is 6.23 Å². The average Bonchev–Trinajstić information content (AvgIpc) is 2.77. The van der Waals surface area contributed by atoms with Gasteiger partial charge in [-0.1, -0.05) is 0 Å². The van der Waals surface area contributed by atoms with Crippen molar-refractivity contribution in [2.24, 2.45) is 0 Å². The van der Waals surface area contributed by atoms with Crippen LogP contribution < -0.4 is 10.6 Å². The second-order valence-electron chi connectivity index (χ2n) is 4.02. The van der Waals surface area contributed by atoms with Crippen LogP contribution in [0, 0.1) is 0 Å². The number of anilines is 1. The lowest BCUT2D eigenvalue weighted by molar-refractivity contribution is -0.254. The third kappa shape index (κ3) is 2.83. The number of hydrogen-bond acceptors (Lipinski definition) is 7. The van der Waals surface area contributed by atoms with Crippen molar-refractivity contribution >= 4 is 17.6 Å². The minimum Gasteiger partial charge on any atom is -0.363 e. The summed E-state index contributed by atoms with van der Waals surface area (Å²) in [5.74, 6) is 1.23. The molecule has 1 aliphatic rings.